The van der Waals surface area contributed by atoms with Crippen molar-refractivity contribution < 1.29 is 18.6 Å². The lowest BCUT2D eigenvalue weighted by atomic mass is 9.89. The van der Waals surface area contributed by atoms with Crippen molar-refractivity contribution in [2.24, 2.45) is 0 Å². The van der Waals surface area contributed by atoms with Gasteiger partial charge < -0.3 is 9.84 Å². The fourth-order valence-corrected chi connectivity index (χ4v) is 8.43. The van der Waals surface area contributed by atoms with Gasteiger partial charge in [0.15, 0.2) is 12.3 Å². The predicted octanol–water partition coefficient (Wildman–Crippen LogP) is 9.21. The van der Waals surface area contributed by atoms with Crippen molar-refractivity contribution >= 4 is 32.3 Å². The number of nitrogens with zero attached hydrogens (tertiary/aromatic N) is 2. The third-order valence-corrected chi connectivity index (χ3v) is 11.0. The van der Waals surface area contributed by atoms with Crippen LogP contribution in [0, 0.1) is 0 Å². The Kier molecular flexibility index (Phi) is 7.83. The molecule has 6 heteroatoms. The molecule has 3 aliphatic rings. The molecular formula is C43H40F2N2O2. The smallest absolute Gasteiger partial charge is 0.161 e. The van der Waals surface area contributed by atoms with E-state index in [1.54, 1.807) is 6.07 Å². The number of ether oxygens (including phenoxy) is 1. The van der Waals surface area contributed by atoms with Gasteiger partial charge in [-0.1, -0.05) is 97.1 Å². The highest BCUT2D eigenvalue weighted by Crippen LogP contribution is 2.53. The van der Waals surface area contributed by atoms with E-state index in [4.69, 9.17) is 4.74 Å². The number of halogens is 2. The van der Waals surface area contributed by atoms with E-state index in [0.29, 0.717) is 23.6 Å². The van der Waals surface area contributed by atoms with E-state index >= 15 is 8.78 Å². The molecule has 6 aromatic rings. The largest absolute Gasteiger partial charge is 0.491 e. The van der Waals surface area contributed by atoms with Gasteiger partial charge in [-0.15, -0.1) is 0 Å². The van der Waals surface area contributed by atoms with Crippen LogP contribution in [0.15, 0.2) is 109 Å². The van der Waals surface area contributed by atoms with Gasteiger partial charge in [-0.25, -0.2) is 8.78 Å². The molecule has 0 spiro atoms. The standard InChI is InChI=1S/C43H40F2N2O2/c44-41-37-8-3-4-9-38(37)43(39-11-5-10-34(28-12-13-28)40(39)42(41)45)47-22-20-46(21-23-47)25-30(48)26-49-31-16-19-33-29(24-31)15-18-35-32-7-2-1-6-27(32)14-17-36(33)35/h1-11,14-19,24,28,30,41-43,48H,12-13,20-23,25-26H2/t30-,41?,42?,43?/m0/s1. The fraction of sp³-hybridized carbons (Fsp3) is 0.302. The second-order valence-electron chi connectivity index (χ2n) is 14.1. The summed E-state index contributed by atoms with van der Waals surface area (Å²) in [5, 5.41) is 18.2. The van der Waals surface area contributed by atoms with Crippen molar-refractivity contribution in [3.05, 3.63) is 137 Å². The summed E-state index contributed by atoms with van der Waals surface area (Å²) in [5.41, 5.74) is 3.79. The normalized spacial score (nSPS) is 22.1. The first-order valence-corrected chi connectivity index (χ1v) is 17.6. The molecule has 248 valence electrons. The molecule has 0 amide bonds. The van der Waals surface area contributed by atoms with Gasteiger partial charge >= 0.3 is 0 Å². The van der Waals surface area contributed by atoms with E-state index in [-0.39, 0.29) is 12.6 Å². The van der Waals surface area contributed by atoms with Gasteiger partial charge in [-0.05, 0) is 91.0 Å². The zero-order valence-electron chi connectivity index (χ0n) is 27.4. The minimum Gasteiger partial charge on any atom is -0.491 e. The first kappa shape index (κ1) is 30.7. The van der Waals surface area contributed by atoms with Gasteiger partial charge in [0, 0.05) is 32.7 Å². The monoisotopic (exact) mass is 654 g/mol. The second-order valence-corrected chi connectivity index (χ2v) is 14.1. The first-order valence-electron chi connectivity index (χ1n) is 17.6. The highest BCUT2D eigenvalue weighted by molar-refractivity contribution is 6.17. The molecular weight excluding hydrogens is 614 g/mol. The number of hydrogen-bond donors (Lipinski definition) is 1. The molecule has 6 aromatic carbocycles. The van der Waals surface area contributed by atoms with Crippen molar-refractivity contribution in [1.82, 2.24) is 9.80 Å². The number of benzene rings is 6. The van der Waals surface area contributed by atoms with Crippen LogP contribution in [-0.2, 0) is 0 Å². The molecule has 3 unspecified atom stereocenters. The van der Waals surface area contributed by atoms with Crippen molar-refractivity contribution in [3.8, 4) is 5.75 Å². The molecule has 1 heterocycles. The topological polar surface area (TPSA) is 35.9 Å². The van der Waals surface area contributed by atoms with Crippen LogP contribution < -0.4 is 4.74 Å². The van der Waals surface area contributed by atoms with Crippen LogP contribution in [0.5, 0.6) is 5.75 Å². The van der Waals surface area contributed by atoms with E-state index < -0.39 is 18.4 Å². The molecule has 49 heavy (non-hydrogen) atoms. The highest BCUT2D eigenvalue weighted by Gasteiger charge is 2.42. The molecule has 0 bridgehead atoms. The van der Waals surface area contributed by atoms with Crippen molar-refractivity contribution in [2.45, 2.75) is 43.2 Å². The SMILES string of the molecule is O[C@H](COc1ccc2c(ccc3c4ccccc4ccc23)c1)CN1CCN(C2c3ccccc3C(F)C(F)c3c(C4CC4)cccc32)CC1. The van der Waals surface area contributed by atoms with Crippen LogP contribution in [0.3, 0.4) is 0 Å². The summed E-state index contributed by atoms with van der Waals surface area (Å²) < 4.78 is 38.0. The third kappa shape index (κ3) is 5.56. The van der Waals surface area contributed by atoms with Gasteiger partial charge in [0.05, 0.1) is 6.04 Å². The van der Waals surface area contributed by atoms with E-state index in [1.807, 2.05) is 42.5 Å². The molecule has 4 atom stereocenters. The maximum atomic E-state index is 16.0. The van der Waals surface area contributed by atoms with Crippen LogP contribution in [-0.4, -0.2) is 60.3 Å². The quantitative estimate of drug-likeness (QED) is 0.174. The van der Waals surface area contributed by atoms with Crippen LogP contribution in [0.25, 0.3) is 32.3 Å². The van der Waals surface area contributed by atoms with Gasteiger partial charge in [0.1, 0.15) is 18.5 Å². The number of hydrogen-bond acceptors (Lipinski definition) is 4. The molecule has 0 aromatic heterocycles. The Bertz CT molecular complexity index is 2170. The lowest BCUT2D eigenvalue weighted by molar-refractivity contribution is 0.0400. The van der Waals surface area contributed by atoms with Gasteiger partial charge in [0.25, 0.3) is 0 Å². The lowest BCUT2D eigenvalue weighted by Crippen LogP contribution is -2.50. The van der Waals surface area contributed by atoms with Crippen molar-refractivity contribution in [2.75, 3.05) is 39.3 Å². The molecule has 9 rings (SSSR count). The third-order valence-electron chi connectivity index (χ3n) is 11.0. The number of β-amino-alcohol motifs (C(OH)–C–C–N with tert-alkyl or cyclic N) is 1. The zero-order chi connectivity index (χ0) is 33.1. The molecule has 1 aliphatic heterocycles. The summed E-state index contributed by atoms with van der Waals surface area (Å²) >= 11 is 0. The maximum Gasteiger partial charge on any atom is 0.161 e. The summed E-state index contributed by atoms with van der Waals surface area (Å²) in [4.78, 5) is 4.64. The molecule has 4 nitrogen and oxygen atoms in total. The van der Waals surface area contributed by atoms with Gasteiger partial charge in [-0.3, -0.25) is 9.80 Å². The molecule has 0 radical (unpaired) electrons. The Hall–Kier alpha value is -4.36. The summed E-state index contributed by atoms with van der Waals surface area (Å²) in [6.45, 7) is 3.68. The Morgan fingerprint density at radius 1 is 0.633 bits per heavy atom. The van der Waals surface area contributed by atoms with E-state index in [9.17, 15) is 5.11 Å². The van der Waals surface area contributed by atoms with E-state index in [2.05, 4.69) is 70.5 Å². The van der Waals surface area contributed by atoms with Crippen LogP contribution in [0.1, 0.15) is 65.0 Å². The van der Waals surface area contributed by atoms with Crippen LogP contribution in [0.2, 0.25) is 0 Å². The number of aliphatic hydroxyl groups excluding tert-OH is 1. The van der Waals surface area contributed by atoms with E-state index in [1.165, 1.54) is 26.9 Å². The van der Waals surface area contributed by atoms with Crippen molar-refractivity contribution in [3.63, 3.8) is 0 Å². The summed E-state index contributed by atoms with van der Waals surface area (Å²) in [7, 11) is 0. The average molecular weight is 655 g/mol. The van der Waals surface area contributed by atoms with Crippen molar-refractivity contribution in [1.29, 1.82) is 0 Å². The molecule has 2 aliphatic carbocycles. The van der Waals surface area contributed by atoms with Crippen LogP contribution in [0.4, 0.5) is 8.78 Å². The van der Waals surface area contributed by atoms with Gasteiger partial charge in [0.2, 0.25) is 0 Å². The summed E-state index contributed by atoms with van der Waals surface area (Å²) in [6, 6.07) is 36.6. The summed E-state index contributed by atoms with van der Waals surface area (Å²) in [6.07, 6.45) is -1.92. The number of aliphatic hydroxyl groups is 1. The lowest BCUT2D eigenvalue weighted by Gasteiger charge is -2.40. The fourth-order valence-electron chi connectivity index (χ4n) is 8.43. The average Bonchev–Trinajstić information content (AvgIpc) is 4.00. The number of rotatable bonds is 7. The molecule has 1 saturated carbocycles. The number of fused-ring (bicyclic) bond motifs is 7. The Morgan fingerprint density at radius 2 is 1.29 bits per heavy atom. The number of alkyl halides is 2. The van der Waals surface area contributed by atoms with Crippen LogP contribution >= 0.6 is 0 Å². The molecule has 1 saturated heterocycles. The van der Waals surface area contributed by atoms with Gasteiger partial charge in [-0.2, -0.15) is 0 Å². The summed E-state index contributed by atoms with van der Waals surface area (Å²) in [5.74, 6) is 1.07. The molecule has 2 fully saturated rings. The first-order chi connectivity index (χ1) is 24.0. The highest BCUT2D eigenvalue weighted by atomic mass is 19.2. The van der Waals surface area contributed by atoms with E-state index in [0.717, 1.165) is 66.8 Å². The zero-order valence-corrected chi connectivity index (χ0v) is 27.4. The Morgan fingerprint density at radius 3 is 2.08 bits per heavy atom. The minimum absolute atomic E-state index is 0.201. The minimum atomic E-state index is -1.68. The maximum absolute atomic E-state index is 16.0. The molecule has 1 N–H and O–H groups in total. The Labute approximate surface area is 285 Å². The Balaban J connectivity index is 0.877. The number of piperazine rings is 1. The second kappa shape index (κ2) is 12.5. The predicted molar refractivity (Wildman–Crippen MR) is 193 cm³/mol.